The van der Waals surface area contributed by atoms with Crippen LogP contribution in [-0.2, 0) is 13.6 Å². The summed E-state index contributed by atoms with van der Waals surface area (Å²) in [5.41, 5.74) is 1.68. The number of carbonyl (C=O) groups excluding carboxylic acids is 1. The Labute approximate surface area is 147 Å². The van der Waals surface area contributed by atoms with Gasteiger partial charge in [-0.25, -0.2) is 0 Å². The van der Waals surface area contributed by atoms with Gasteiger partial charge in [-0.3, -0.25) is 14.4 Å². The van der Waals surface area contributed by atoms with E-state index in [4.69, 9.17) is 4.74 Å². The molecule has 3 rings (SSSR count). The van der Waals surface area contributed by atoms with E-state index in [1.807, 2.05) is 26.5 Å². The van der Waals surface area contributed by atoms with Crippen molar-refractivity contribution >= 4 is 5.91 Å². The van der Waals surface area contributed by atoms with Gasteiger partial charge in [-0.2, -0.15) is 5.10 Å². The van der Waals surface area contributed by atoms with E-state index >= 15 is 0 Å². The molecule has 1 amide bonds. The predicted molar refractivity (Wildman–Crippen MR) is 93.4 cm³/mol. The number of likely N-dealkylation sites (N-methyl/N-ethyl adjacent to an activating group) is 1. The Morgan fingerprint density at radius 3 is 2.68 bits per heavy atom. The summed E-state index contributed by atoms with van der Waals surface area (Å²) in [6, 6.07) is 6.94. The summed E-state index contributed by atoms with van der Waals surface area (Å²) >= 11 is 0. The fourth-order valence-electron chi connectivity index (χ4n) is 3.24. The molecule has 2 atom stereocenters. The Hall–Kier alpha value is -2.38. The third kappa shape index (κ3) is 3.83. The first-order valence-electron chi connectivity index (χ1n) is 8.27. The summed E-state index contributed by atoms with van der Waals surface area (Å²) < 4.78 is 6.88. The second-order valence-corrected chi connectivity index (χ2v) is 6.51. The van der Waals surface area contributed by atoms with Gasteiger partial charge in [0.25, 0.3) is 5.91 Å². The van der Waals surface area contributed by atoms with Crippen molar-refractivity contribution in [1.82, 2.24) is 19.6 Å². The van der Waals surface area contributed by atoms with Gasteiger partial charge in [0.2, 0.25) is 0 Å². The Kier molecular flexibility index (Phi) is 5.06. The van der Waals surface area contributed by atoms with Crippen molar-refractivity contribution in [2.24, 2.45) is 7.05 Å². The van der Waals surface area contributed by atoms with Crippen molar-refractivity contribution in [1.29, 1.82) is 0 Å². The highest BCUT2D eigenvalue weighted by atomic mass is 16.5. The number of likely N-dealkylation sites (tertiary alicyclic amines) is 1. The lowest BCUT2D eigenvalue weighted by atomic mass is 10.2. The minimum atomic E-state index is -0.566. The number of hydrogen-bond acceptors (Lipinski definition) is 5. The van der Waals surface area contributed by atoms with Crippen molar-refractivity contribution in [3.05, 3.63) is 47.8 Å². The van der Waals surface area contributed by atoms with Gasteiger partial charge >= 0.3 is 0 Å². The average Bonchev–Trinajstić information content (AvgIpc) is 3.20. The topological polar surface area (TPSA) is 70.8 Å². The van der Waals surface area contributed by atoms with E-state index in [9.17, 15) is 9.90 Å². The van der Waals surface area contributed by atoms with Crippen LogP contribution in [-0.4, -0.2) is 70.0 Å². The molecule has 1 aromatic heterocycles. The van der Waals surface area contributed by atoms with E-state index in [2.05, 4.69) is 10.00 Å². The van der Waals surface area contributed by atoms with E-state index in [0.717, 1.165) is 5.56 Å². The molecule has 1 fully saturated rings. The molecule has 0 spiro atoms. The minimum absolute atomic E-state index is 0.0704. The highest BCUT2D eigenvalue weighted by molar-refractivity contribution is 5.94. The highest BCUT2D eigenvalue weighted by Gasteiger charge is 2.36. The number of benzene rings is 1. The maximum Gasteiger partial charge on any atom is 0.254 e. The first-order valence-corrected chi connectivity index (χ1v) is 8.27. The lowest BCUT2D eigenvalue weighted by Crippen LogP contribution is -2.40. The number of aryl methyl sites for hydroxylation is 1. The summed E-state index contributed by atoms with van der Waals surface area (Å²) in [5, 5.41) is 14.6. The zero-order valence-corrected chi connectivity index (χ0v) is 14.8. The summed E-state index contributed by atoms with van der Waals surface area (Å²) in [7, 11) is 5.43. The predicted octanol–water partition coefficient (Wildman–Crippen LogP) is 0.746. The number of amides is 1. The standard InChI is InChI=1S/C18H24N4O3/c1-20(9-13-8-19-21(2)10-13)16-11-22(12-17(16)23)18(24)14-4-6-15(25-3)7-5-14/h4-8,10,16-17,23H,9,11-12H2,1-3H3/t16-,17-/m0/s1. The van der Waals surface area contributed by atoms with Crippen molar-refractivity contribution in [2.75, 3.05) is 27.2 Å². The Bertz CT molecular complexity index is 728. The van der Waals surface area contributed by atoms with Gasteiger partial charge < -0.3 is 14.7 Å². The summed E-state index contributed by atoms with van der Waals surface area (Å²) in [5.74, 6) is 0.645. The molecule has 7 nitrogen and oxygen atoms in total. The number of methoxy groups -OCH3 is 1. The number of carbonyl (C=O) groups is 1. The van der Waals surface area contributed by atoms with Crippen LogP contribution in [0.2, 0.25) is 0 Å². The molecule has 1 saturated heterocycles. The van der Waals surface area contributed by atoms with Crippen LogP contribution in [0.15, 0.2) is 36.7 Å². The molecule has 2 aromatic rings. The molecule has 1 aliphatic rings. The van der Waals surface area contributed by atoms with Gasteiger partial charge in [-0.05, 0) is 31.3 Å². The number of hydrogen-bond donors (Lipinski definition) is 1. The van der Waals surface area contributed by atoms with Crippen molar-refractivity contribution in [3.8, 4) is 5.75 Å². The fraction of sp³-hybridized carbons (Fsp3) is 0.444. The van der Waals surface area contributed by atoms with E-state index in [1.165, 1.54) is 0 Å². The number of aliphatic hydroxyl groups is 1. The molecule has 2 heterocycles. The smallest absolute Gasteiger partial charge is 0.254 e. The molecule has 25 heavy (non-hydrogen) atoms. The van der Waals surface area contributed by atoms with Gasteiger partial charge in [0.15, 0.2) is 0 Å². The quantitative estimate of drug-likeness (QED) is 0.867. The van der Waals surface area contributed by atoms with Crippen LogP contribution < -0.4 is 4.74 Å². The lowest BCUT2D eigenvalue weighted by Gasteiger charge is -2.25. The zero-order valence-electron chi connectivity index (χ0n) is 14.8. The van der Waals surface area contributed by atoms with Crippen LogP contribution in [0.25, 0.3) is 0 Å². The average molecular weight is 344 g/mol. The first kappa shape index (κ1) is 17.4. The second kappa shape index (κ2) is 7.25. The first-order chi connectivity index (χ1) is 12.0. The van der Waals surface area contributed by atoms with Crippen molar-refractivity contribution < 1.29 is 14.6 Å². The Balaban J connectivity index is 1.64. The lowest BCUT2D eigenvalue weighted by molar-refractivity contribution is 0.0763. The van der Waals surface area contributed by atoms with Crippen LogP contribution in [0, 0.1) is 0 Å². The number of ether oxygens (including phenoxy) is 1. The molecular weight excluding hydrogens is 320 g/mol. The van der Waals surface area contributed by atoms with Gasteiger partial charge in [-0.1, -0.05) is 0 Å². The van der Waals surface area contributed by atoms with E-state index in [1.54, 1.807) is 41.0 Å². The van der Waals surface area contributed by atoms with E-state index in [0.29, 0.717) is 30.9 Å². The van der Waals surface area contributed by atoms with Gasteiger partial charge in [-0.15, -0.1) is 0 Å². The third-order valence-corrected chi connectivity index (χ3v) is 4.64. The fourth-order valence-corrected chi connectivity index (χ4v) is 3.24. The molecule has 134 valence electrons. The maximum absolute atomic E-state index is 12.7. The summed E-state index contributed by atoms with van der Waals surface area (Å²) in [4.78, 5) is 16.4. The summed E-state index contributed by atoms with van der Waals surface area (Å²) in [6.45, 7) is 1.52. The summed E-state index contributed by atoms with van der Waals surface area (Å²) in [6.07, 6.45) is 3.21. The van der Waals surface area contributed by atoms with Gasteiger partial charge in [0, 0.05) is 44.0 Å². The molecule has 1 aliphatic heterocycles. The molecule has 0 aliphatic carbocycles. The highest BCUT2D eigenvalue weighted by Crippen LogP contribution is 2.20. The molecular formula is C18H24N4O3. The molecule has 0 saturated carbocycles. The third-order valence-electron chi connectivity index (χ3n) is 4.64. The normalized spacial score (nSPS) is 20.3. The number of rotatable bonds is 5. The monoisotopic (exact) mass is 344 g/mol. The zero-order chi connectivity index (χ0) is 18.0. The molecule has 0 radical (unpaired) electrons. The number of nitrogens with zero attached hydrogens (tertiary/aromatic N) is 4. The number of aromatic nitrogens is 2. The molecule has 1 N–H and O–H groups in total. The SMILES string of the molecule is COc1ccc(C(=O)N2C[C@H](O)[C@@H](N(C)Cc3cnn(C)c3)C2)cc1. The van der Waals surface area contributed by atoms with Crippen LogP contribution >= 0.6 is 0 Å². The van der Waals surface area contributed by atoms with Crippen LogP contribution in [0.5, 0.6) is 5.75 Å². The number of β-amino-alcohol motifs (C(OH)–C–C–N with tert-alkyl or cyclic N) is 1. The van der Waals surface area contributed by atoms with Crippen molar-refractivity contribution in [2.45, 2.75) is 18.7 Å². The van der Waals surface area contributed by atoms with Gasteiger partial charge in [0.1, 0.15) is 5.75 Å². The Morgan fingerprint density at radius 2 is 2.08 bits per heavy atom. The van der Waals surface area contributed by atoms with Gasteiger partial charge in [0.05, 0.1) is 25.5 Å². The second-order valence-electron chi connectivity index (χ2n) is 6.51. The molecule has 0 unspecified atom stereocenters. The Morgan fingerprint density at radius 1 is 1.36 bits per heavy atom. The van der Waals surface area contributed by atoms with Crippen molar-refractivity contribution in [3.63, 3.8) is 0 Å². The minimum Gasteiger partial charge on any atom is -0.497 e. The molecule has 7 heteroatoms. The molecule has 1 aromatic carbocycles. The van der Waals surface area contributed by atoms with Crippen LogP contribution in [0.1, 0.15) is 15.9 Å². The van der Waals surface area contributed by atoms with Crippen LogP contribution in [0.4, 0.5) is 0 Å². The maximum atomic E-state index is 12.7. The molecule has 0 bridgehead atoms. The van der Waals surface area contributed by atoms with E-state index in [-0.39, 0.29) is 11.9 Å². The number of aliphatic hydroxyl groups excluding tert-OH is 1. The largest absolute Gasteiger partial charge is 0.497 e. The van der Waals surface area contributed by atoms with Crippen LogP contribution in [0.3, 0.4) is 0 Å². The van der Waals surface area contributed by atoms with E-state index < -0.39 is 6.10 Å².